The van der Waals surface area contributed by atoms with E-state index >= 15 is 0 Å². The molecule has 0 bridgehead atoms. The van der Waals surface area contributed by atoms with Crippen molar-refractivity contribution in [3.8, 4) is 0 Å². The lowest BCUT2D eigenvalue weighted by Crippen LogP contribution is -2.30. The SMILES string of the molecule is CCN(CC)S(=O)(=O)c1ccc(C)c(NC(=O)c2ccccc2)c1. The van der Waals surface area contributed by atoms with Crippen LogP contribution < -0.4 is 5.32 Å². The van der Waals surface area contributed by atoms with Gasteiger partial charge in [0.2, 0.25) is 10.0 Å². The molecule has 0 aliphatic rings. The zero-order valence-corrected chi connectivity index (χ0v) is 14.9. The number of hydrogen-bond donors (Lipinski definition) is 1. The Labute approximate surface area is 143 Å². The number of amides is 1. The quantitative estimate of drug-likeness (QED) is 0.873. The molecule has 128 valence electrons. The molecule has 0 saturated heterocycles. The number of anilines is 1. The average Bonchev–Trinajstić information content (AvgIpc) is 2.58. The fourth-order valence-corrected chi connectivity index (χ4v) is 3.88. The first kappa shape index (κ1) is 18.2. The Morgan fingerprint density at radius 1 is 1.04 bits per heavy atom. The predicted octanol–water partition coefficient (Wildman–Crippen LogP) is 3.28. The molecule has 0 atom stereocenters. The highest BCUT2D eigenvalue weighted by atomic mass is 32.2. The lowest BCUT2D eigenvalue weighted by molar-refractivity contribution is 0.102. The maximum absolute atomic E-state index is 12.6. The molecule has 1 amide bonds. The highest BCUT2D eigenvalue weighted by Crippen LogP contribution is 2.23. The van der Waals surface area contributed by atoms with Crippen molar-refractivity contribution in [3.05, 3.63) is 59.7 Å². The minimum atomic E-state index is -3.56. The lowest BCUT2D eigenvalue weighted by atomic mass is 10.1. The van der Waals surface area contributed by atoms with Gasteiger partial charge in [0, 0.05) is 24.3 Å². The van der Waals surface area contributed by atoms with Gasteiger partial charge in [-0.05, 0) is 36.8 Å². The Hall–Kier alpha value is -2.18. The zero-order valence-electron chi connectivity index (χ0n) is 14.1. The van der Waals surface area contributed by atoms with E-state index in [4.69, 9.17) is 0 Å². The standard InChI is InChI=1S/C18H22N2O3S/c1-4-20(5-2)24(22,23)16-12-11-14(3)17(13-16)19-18(21)15-9-7-6-8-10-15/h6-13H,4-5H2,1-3H3,(H,19,21). The van der Waals surface area contributed by atoms with Crippen LogP contribution in [0.5, 0.6) is 0 Å². The first-order valence-corrected chi connectivity index (χ1v) is 9.31. The second-order valence-electron chi connectivity index (χ2n) is 5.39. The van der Waals surface area contributed by atoms with Crippen molar-refractivity contribution in [2.24, 2.45) is 0 Å². The number of nitrogens with one attached hydrogen (secondary N) is 1. The molecular weight excluding hydrogens is 324 g/mol. The number of nitrogens with zero attached hydrogens (tertiary/aromatic N) is 1. The second kappa shape index (κ2) is 7.59. The smallest absolute Gasteiger partial charge is 0.255 e. The molecule has 0 saturated carbocycles. The molecule has 0 spiro atoms. The maximum atomic E-state index is 12.6. The molecule has 0 aromatic heterocycles. The molecule has 6 heteroatoms. The van der Waals surface area contributed by atoms with Crippen LogP contribution in [-0.2, 0) is 10.0 Å². The minimum Gasteiger partial charge on any atom is -0.322 e. The van der Waals surface area contributed by atoms with Crippen LogP contribution >= 0.6 is 0 Å². The van der Waals surface area contributed by atoms with Gasteiger partial charge in [0.25, 0.3) is 5.91 Å². The Morgan fingerprint density at radius 2 is 1.67 bits per heavy atom. The van der Waals surface area contributed by atoms with Crippen LogP contribution in [0.3, 0.4) is 0 Å². The highest BCUT2D eigenvalue weighted by molar-refractivity contribution is 7.89. The van der Waals surface area contributed by atoms with Gasteiger partial charge in [0.05, 0.1) is 4.90 Å². The molecule has 24 heavy (non-hydrogen) atoms. The van der Waals surface area contributed by atoms with Crippen molar-refractivity contribution in [2.75, 3.05) is 18.4 Å². The third-order valence-corrected chi connectivity index (χ3v) is 5.88. The minimum absolute atomic E-state index is 0.181. The zero-order chi connectivity index (χ0) is 17.7. The van der Waals surface area contributed by atoms with Gasteiger partial charge in [-0.15, -0.1) is 0 Å². The summed E-state index contributed by atoms with van der Waals surface area (Å²) in [6.07, 6.45) is 0. The molecule has 0 aliphatic heterocycles. The van der Waals surface area contributed by atoms with E-state index in [2.05, 4.69) is 5.32 Å². The summed E-state index contributed by atoms with van der Waals surface area (Å²) in [4.78, 5) is 12.5. The van der Waals surface area contributed by atoms with E-state index in [1.165, 1.54) is 10.4 Å². The first-order valence-electron chi connectivity index (χ1n) is 7.87. The number of hydrogen-bond acceptors (Lipinski definition) is 3. The number of carbonyl (C=O) groups is 1. The van der Waals surface area contributed by atoms with Crippen LogP contribution in [0.4, 0.5) is 5.69 Å². The third-order valence-electron chi connectivity index (χ3n) is 3.84. The van der Waals surface area contributed by atoms with E-state index < -0.39 is 10.0 Å². The number of rotatable bonds is 6. The van der Waals surface area contributed by atoms with Crippen LogP contribution in [-0.4, -0.2) is 31.7 Å². The molecule has 2 rings (SSSR count). The number of benzene rings is 2. The van der Waals surface area contributed by atoms with Crippen molar-refractivity contribution in [3.63, 3.8) is 0 Å². The average molecular weight is 346 g/mol. The van der Waals surface area contributed by atoms with E-state index in [0.29, 0.717) is 24.3 Å². The monoisotopic (exact) mass is 346 g/mol. The van der Waals surface area contributed by atoms with E-state index in [1.807, 2.05) is 13.0 Å². The molecule has 1 N–H and O–H groups in total. The van der Waals surface area contributed by atoms with Gasteiger partial charge in [-0.2, -0.15) is 4.31 Å². The molecule has 0 heterocycles. The van der Waals surface area contributed by atoms with Crippen molar-refractivity contribution in [2.45, 2.75) is 25.7 Å². The first-order chi connectivity index (χ1) is 11.4. The fraction of sp³-hybridized carbons (Fsp3) is 0.278. The Balaban J connectivity index is 2.34. The Bertz CT molecular complexity index is 813. The molecule has 5 nitrogen and oxygen atoms in total. The van der Waals surface area contributed by atoms with Crippen LogP contribution in [0.15, 0.2) is 53.4 Å². The summed E-state index contributed by atoms with van der Waals surface area (Å²) in [6, 6.07) is 13.6. The molecule has 0 fully saturated rings. The summed E-state index contributed by atoms with van der Waals surface area (Å²) < 4.78 is 26.6. The summed E-state index contributed by atoms with van der Waals surface area (Å²) >= 11 is 0. The molecule has 0 unspecified atom stereocenters. The summed E-state index contributed by atoms with van der Waals surface area (Å²) in [5.74, 6) is -0.268. The number of sulfonamides is 1. The second-order valence-corrected chi connectivity index (χ2v) is 7.32. The predicted molar refractivity (Wildman–Crippen MR) is 95.7 cm³/mol. The van der Waals surface area contributed by atoms with Gasteiger partial charge in [-0.25, -0.2) is 8.42 Å². The molecule has 2 aromatic carbocycles. The van der Waals surface area contributed by atoms with Gasteiger partial charge in [-0.1, -0.05) is 38.1 Å². The molecule has 0 aliphatic carbocycles. The third kappa shape index (κ3) is 3.83. The molecule has 2 aromatic rings. The van der Waals surface area contributed by atoms with Crippen LogP contribution in [0, 0.1) is 6.92 Å². The normalized spacial score (nSPS) is 11.5. The van der Waals surface area contributed by atoms with Crippen LogP contribution in [0.2, 0.25) is 0 Å². The van der Waals surface area contributed by atoms with Crippen molar-refractivity contribution >= 4 is 21.6 Å². The van der Waals surface area contributed by atoms with Gasteiger partial charge in [-0.3, -0.25) is 4.79 Å². The summed E-state index contributed by atoms with van der Waals surface area (Å²) in [7, 11) is -3.56. The van der Waals surface area contributed by atoms with Crippen molar-refractivity contribution in [1.29, 1.82) is 0 Å². The summed E-state index contributed by atoms with van der Waals surface area (Å²) in [6.45, 7) is 6.23. The fourth-order valence-electron chi connectivity index (χ4n) is 2.39. The summed E-state index contributed by atoms with van der Waals surface area (Å²) in [5, 5.41) is 2.79. The van der Waals surface area contributed by atoms with Crippen molar-refractivity contribution in [1.82, 2.24) is 4.31 Å². The molecule has 0 radical (unpaired) electrons. The lowest BCUT2D eigenvalue weighted by Gasteiger charge is -2.19. The number of aryl methyl sites for hydroxylation is 1. The maximum Gasteiger partial charge on any atom is 0.255 e. The van der Waals surface area contributed by atoms with Crippen LogP contribution in [0.25, 0.3) is 0 Å². The van der Waals surface area contributed by atoms with Gasteiger partial charge >= 0.3 is 0 Å². The summed E-state index contributed by atoms with van der Waals surface area (Å²) in [5.41, 5.74) is 1.82. The van der Waals surface area contributed by atoms with E-state index in [0.717, 1.165) is 5.56 Å². The van der Waals surface area contributed by atoms with E-state index in [1.54, 1.807) is 50.2 Å². The molecular formula is C18H22N2O3S. The topological polar surface area (TPSA) is 66.5 Å². The van der Waals surface area contributed by atoms with Crippen LogP contribution in [0.1, 0.15) is 29.8 Å². The Morgan fingerprint density at radius 3 is 2.25 bits per heavy atom. The highest BCUT2D eigenvalue weighted by Gasteiger charge is 2.22. The van der Waals surface area contributed by atoms with Gasteiger partial charge in [0.1, 0.15) is 0 Å². The van der Waals surface area contributed by atoms with Crippen molar-refractivity contribution < 1.29 is 13.2 Å². The Kier molecular flexibility index (Phi) is 5.75. The van der Waals surface area contributed by atoms with Gasteiger partial charge < -0.3 is 5.32 Å². The largest absolute Gasteiger partial charge is 0.322 e. The van der Waals surface area contributed by atoms with E-state index in [9.17, 15) is 13.2 Å². The van der Waals surface area contributed by atoms with Gasteiger partial charge in [0.15, 0.2) is 0 Å². The van der Waals surface area contributed by atoms with E-state index in [-0.39, 0.29) is 10.8 Å². The number of carbonyl (C=O) groups excluding carboxylic acids is 1.